The molecule has 0 saturated carbocycles. The van der Waals surface area contributed by atoms with Crippen molar-refractivity contribution < 1.29 is 0 Å². The second kappa shape index (κ2) is 5.40. The van der Waals surface area contributed by atoms with Gasteiger partial charge in [0.2, 0.25) is 0 Å². The van der Waals surface area contributed by atoms with Crippen LogP contribution < -0.4 is 10.9 Å². The fourth-order valence-corrected chi connectivity index (χ4v) is 1.75. The molecule has 6 nitrogen and oxygen atoms in total. The van der Waals surface area contributed by atoms with Crippen molar-refractivity contribution in [1.29, 1.82) is 0 Å². The van der Waals surface area contributed by atoms with Crippen molar-refractivity contribution in [2.24, 2.45) is 0 Å². The van der Waals surface area contributed by atoms with E-state index in [4.69, 9.17) is 0 Å². The third-order valence-electron chi connectivity index (χ3n) is 2.83. The number of nitrogens with zero attached hydrogens (tertiary/aromatic N) is 4. The first-order valence-electron chi connectivity index (χ1n) is 6.47. The highest BCUT2D eigenvalue weighted by atomic mass is 16.1. The van der Waals surface area contributed by atoms with Crippen molar-refractivity contribution >= 4 is 5.82 Å². The van der Waals surface area contributed by atoms with Crippen molar-refractivity contribution in [3.05, 3.63) is 46.5 Å². The molecule has 2 rings (SSSR count). The van der Waals surface area contributed by atoms with Crippen molar-refractivity contribution in [3.63, 3.8) is 0 Å². The van der Waals surface area contributed by atoms with Crippen LogP contribution in [0.15, 0.2) is 29.6 Å². The van der Waals surface area contributed by atoms with Crippen molar-refractivity contribution in [3.8, 4) is 0 Å². The minimum Gasteiger partial charge on any atom is -0.360 e. The molecule has 1 N–H and O–H groups in total. The molecule has 0 aromatic carbocycles. The van der Waals surface area contributed by atoms with Gasteiger partial charge in [-0.3, -0.25) is 14.8 Å². The Kier molecular flexibility index (Phi) is 3.83. The van der Waals surface area contributed by atoms with E-state index in [2.05, 4.69) is 20.3 Å². The molecule has 0 fully saturated rings. The van der Waals surface area contributed by atoms with Gasteiger partial charge in [0.05, 0.1) is 24.1 Å². The van der Waals surface area contributed by atoms with E-state index in [0.29, 0.717) is 12.4 Å². The Bertz CT molecular complexity index is 640. The van der Waals surface area contributed by atoms with E-state index in [1.165, 1.54) is 0 Å². The lowest BCUT2D eigenvalue weighted by atomic mass is 10.1. The quantitative estimate of drug-likeness (QED) is 0.921. The van der Waals surface area contributed by atoms with Gasteiger partial charge in [0.25, 0.3) is 5.56 Å². The number of hydrogen-bond donors (Lipinski definition) is 1. The molecule has 0 aliphatic heterocycles. The lowest BCUT2D eigenvalue weighted by molar-refractivity contribution is 0.383. The monoisotopic (exact) mass is 273 g/mol. The molecular weight excluding hydrogens is 254 g/mol. The Morgan fingerprint density at radius 1 is 1.20 bits per heavy atom. The lowest BCUT2D eigenvalue weighted by Gasteiger charge is -2.22. The Balaban J connectivity index is 2.18. The molecule has 0 saturated heterocycles. The van der Waals surface area contributed by atoms with Gasteiger partial charge in [0, 0.05) is 24.1 Å². The van der Waals surface area contributed by atoms with E-state index in [1.54, 1.807) is 29.4 Å². The van der Waals surface area contributed by atoms with Gasteiger partial charge in [-0.25, -0.2) is 4.98 Å². The summed E-state index contributed by atoms with van der Waals surface area (Å²) in [6.07, 6.45) is 6.70. The highest BCUT2D eigenvalue weighted by Gasteiger charge is 2.16. The summed E-state index contributed by atoms with van der Waals surface area (Å²) >= 11 is 0. The molecule has 0 aliphatic carbocycles. The third-order valence-corrected chi connectivity index (χ3v) is 2.83. The first-order valence-corrected chi connectivity index (χ1v) is 6.47. The van der Waals surface area contributed by atoms with Crippen LogP contribution >= 0.6 is 0 Å². The van der Waals surface area contributed by atoms with Crippen LogP contribution in [0, 0.1) is 6.92 Å². The predicted molar refractivity (Wildman–Crippen MR) is 77.6 cm³/mol. The fraction of sp³-hybridized carbons (Fsp3) is 0.429. The maximum absolute atomic E-state index is 12.3. The van der Waals surface area contributed by atoms with Gasteiger partial charge in [0.15, 0.2) is 5.82 Å². The van der Waals surface area contributed by atoms with E-state index < -0.39 is 0 Å². The largest absolute Gasteiger partial charge is 0.360 e. The SMILES string of the molecule is Cc1cnc(CNc2nccn(C(C)(C)C)c2=O)cn1. The molecule has 0 aliphatic rings. The van der Waals surface area contributed by atoms with Crippen LogP contribution in [0.2, 0.25) is 0 Å². The number of nitrogens with one attached hydrogen (secondary N) is 1. The first-order chi connectivity index (χ1) is 9.38. The number of hydrogen-bond acceptors (Lipinski definition) is 5. The molecule has 2 aromatic heterocycles. The molecule has 0 amide bonds. The molecular formula is C14H19N5O. The van der Waals surface area contributed by atoms with Gasteiger partial charge in [0.1, 0.15) is 0 Å². The summed E-state index contributed by atoms with van der Waals surface area (Å²) in [6.45, 7) is 8.23. The molecule has 106 valence electrons. The second-order valence-corrected chi connectivity index (χ2v) is 5.62. The number of anilines is 1. The van der Waals surface area contributed by atoms with E-state index in [1.807, 2.05) is 27.7 Å². The van der Waals surface area contributed by atoms with Crippen LogP contribution in [0.1, 0.15) is 32.2 Å². The van der Waals surface area contributed by atoms with Crippen LogP contribution in [-0.4, -0.2) is 19.5 Å². The Morgan fingerprint density at radius 2 is 1.95 bits per heavy atom. The minimum atomic E-state index is -0.278. The van der Waals surface area contributed by atoms with Crippen molar-refractivity contribution in [2.75, 3.05) is 5.32 Å². The van der Waals surface area contributed by atoms with Gasteiger partial charge < -0.3 is 9.88 Å². The van der Waals surface area contributed by atoms with Gasteiger partial charge >= 0.3 is 0 Å². The Morgan fingerprint density at radius 3 is 2.55 bits per heavy atom. The number of aromatic nitrogens is 4. The maximum Gasteiger partial charge on any atom is 0.293 e. The summed E-state index contributed by atoms with van der Waals surface area (Å²) < 4.78 is 1.66. The van der Waals surface area contributed by atoms with E-state index in [0.717, 1.165) is 11.4 Å². The standard InChI is InChI=1S/C14H19N5O/c1-10-7-17-11(8-16-10)9-18-12-13(20)19(6-5-15-12)14(2,3)4/h5-8H,9H2,1-4H3,(H,15,18). The molecule has 0 atom stereocenters. The summed E-state index contributed by atoms with van der Waals surface area (Å²) in [4.78, 5) is 24.8. The molecule has 2 heterocycles. The summed E-state index contributed by atoms with van der Waals surface area (Å²) in [5, 5.41) is 3.01. The molecule has 0 unspecified atom stereocenters. The first kappa shape index (κ1) is 14.2. The Hall–Kier alpha value is -2.24. The zero-order chi connectivity index (χ0) is 14.8. The summed E-state index contributed by atoms with van der Waals surface area (Å²) in [6, 6.07) is 0. The third kappa shape index (κ3) is 3.20. The van der Waals surface area contributed by atoms with Crippen LogP contribution in [0.5, 0.6) is 0 Å². The van der Waals surface area contributed by atoms with Gasteiger partial charge in [-0.2, -0.15) is 0 Å². The molecule has 20 heavy (non-hydrogen) atoms. The highest BCUT2D eigenvalue weighted by Crippen LogP contribution is 2.10. The van der Waals surface area contributed by atoms with E-state index in [9.17, 15) is 4.79 Å². The maximum atomic E-state index is 12.3. The van der Waals surface area contributed by atoms with Crippen LogP contribution in [0.25, 0.3) is 0 Å². The molecule has 0 spiro atoms. The molecule has 2 aromatic rings. The zero-order valence-corrected chi connectivity index (χ0v) is 12.2. The van der Waals surface area contributed by atoms with Gasteiger partial charge in [-0.05, 0) is 27.7 Å². The normalized spacial score (nSPS) is 11.4. The molecule has 0 bridgehead atoms. The van der Waals surface area contributed by atoms with Crippen molar-refractivity contribution in [2.45, 2.75) is 39.8 Å². The topological polar surface area (TPSA) is 72.7 Å². The molecule has 0 radical (unpaired) electrons. The van der Waals surface area contributed by atoms with E-state index in [-0.39, 0.29) is 11.1 Å². The Labute approximate surface area is 117 Å². The van der Waals surface area contributed by atoms with Gasteiger partial charge in [-0.15, -0.1) is 0 Å². The summed E-state index contributed by atoms with van der Waals surface area (Å²) in [5.74, 6) is 0.324. The number of aryl methyl sites for hydroxylation is 1. The minimum absolute atomic E-state index is 0.139. The zero-order valence-electron chi connectivity index (χ0n) is 12.2. The van der Waals surface area contributed by atoms with Crippen LogP contribution in [-0.2, 0) is 12.1 Å². The lowest BCUT2D eigenvalue weighted by Crippen LogP contribution is -2.35. The van der Waals surface area contributed by atoms with E-state index >= 15 is 0 Å². The van der Waals surface area contributed by atoms with Gasteiger partial charge in [-0.1, -0.05) is 0 Å². The average Bonchev–Trinajstić information content (AvgIpc) is 2.38. The second-order valence-electron chi connectivity index (χ2n) is 5.62. The highest BCUT2D eigenvalue weighted by molar-refractivity contribution is 5.31. The fourth-order valence-electron chi connectivity index (χ4n) is 1.75. The number of rotatable bonds is 3. The van der Waals surface area contributed by atoms with Crippen LogP contribution in [0.4, 0.5) is 5.82 Å². The summed E-state index contributed by atoms with van der Waals surface area (Å²) in [7, 11) is 0. The smallest absolute Gasteiger partial charge is 0.293 e. The van der Waals surface area contributed by atoms with Crippen LogP contribution in [0.3, 0.4) is 0 Å². The predicted octanol–water partition coefficient (Wildman–Crippen LogP) is 1.71. The molecule has 6 heteroatoms. The summed E-state index contributed by atoms with van der Waals surface area (Å²) in [5.41, 5.74) is 1.21. The van der Waals surface area contributed by atoms with Crippen molar-refractivity contribution in [1.82, 2.24) is 19.5 Å². The average molecular weight is 273 g/mol.